The van der Waals surface area contributed by atoms with Crippen molar-refractivity contribution in [3.8, 4) is 0 Å². The molecule has 1 aliphatic carbocycles. The Labute approximate surface area is 149 Å². The molecule has 1 fully saturated rings. The predicted molar refractivity (Wildman–Crippen MR) is 91.0 cm³/mol. The van der Waals surface area contributed by atoms with E-state index in [0.717, 1.165) is 33.9 Å². The fourth-order valence-corrected chi connectivity index (χ4v) is 4.72. The zero-order valence-electron chi connectivity index (χ0n) is 12.0. The van der Waals surface area contributed by atoms with Gasteiger partial charge in [0.2, 0.25) is 5.89 Å². The first-order valence-electron chi connectivity index (χ1n) is 7.08. The van der Waals surface area contributed by atoms with Crippen LogP contribution in [0, 0.1) is 6.92 Å². The van der Waals surface area contributed by atoms with Gasteiger partial charge in [-0.15, -0.1) is 11.3 Å². The van der Waals surface area contributed by atoms with Crippen molar-refractivity contribution in [3.63, 3.8) is 0 Å². The molecule has 3 rings (SSSR count). The van der Waals surface area contributed by atoms with E-state index in [9.17, 15) is 4.79 Å². The first-order chi connectivity index (χ1) is 10.5. The molecule has 1 aliphatic rings. The lowest BCUT2D eigenvalue weighted by atomic mass is 9.81. The van der Waals surface area contributed by atoms with Gasteiger partial charge in [0.25, 0.3) is 5.91 Å². The van der Waals surface area contributed by atoms with E-state index in [1.54, 1.807) is 6.92 Å². The number of rotatable bonds is 3. The Kier molecular flexibility index (Phi) is 4.70. The minimum Gasteiger partial charge on any atom is -0.340 e. The summed E-state index contributed by atoms with van der Waals surface area (Å²) in [7, 11) is 0. The highest BCUT2D eigenvalue weighted by molar-refractivity contribution is 9.13. The predicted octanol–water partition coefficient (Wildman–Crippen LogP) is 4.55. The Morgan fingerprint density at radius 1 is 1.36 bits per heavy atom. The summed E-state index contributed by atoms with van der Waals surface area (Å²) in [4.78, 5) is 17.7. The molecule has 0 atom stereocenters. The number of amides is 1. The molecular formula is C14H15Br2N3O2S. The Hall–Kier alpha value is -0.730. The van der Waals surface area contributed by atoms with E-state index in [0.29, 0.717) is 16.6 Å². The van der Waals surface area contributed by atoms with Crippen molar-refractivity contribution in [1.29, 1.82) is 0 Å². The number of aromatic nitrogens is 2. The number of thiophene rings is 1. The molecule has 22 heavy (non-hydrogen) atoms. The second kappa shape index (κ2) is 6.41. The lowest BCUT2D eigenvalue weighted by Crippen LogP contribution is -2.47. The first-order valence-corrected chi connectivity index (χ1v) is 9.48. The van der Waals surface area contributed by atoms with Gasteiger partial charge in [-0.1, -0.05) is 24.4 Å². The number of hydrogen-bond donors (Lipinski definition) is 1. The summed E-state index contributed by atoms with van der Waals surface area (Å²) in [5.41, 5.74) is -0.518. The summed E-state index contributed by atoms with van der Waals surface area (Å²) in [5, 5.41) is 7.23. The Bertz CT molecular complexity index is 673. The van der Waals surface area contributed by atoms with Gasteiger partial charge in [0.15, 0.2) is 5.82 Å². The molecule has 0 saturated heterocycles. The van der Waals surface area contributed by atoms with Gasteiger partial charge in [-0.3, -0.25) is 4.79 Å². The zero-order valence-corrected chi connectivity index (χ0v) is 16.0. The first kappa shape index (κ1) is 16.1. The topological polar surface area (TPSA) is 68.0 Å². The largest absolute Gasteiger partial charge is 0.340 e. The summed E-state index contributed by atoms with van der Waals surface area (Å²) in [5.74, 6) is 1.02. The smallest absolute Gasteiger partial charge is 0.262 e. The normalized spacial score (nSPS) is 17.4. The van der Waals surface area contributed by atoms with Crippen molar-refractivity contribution in [2.45, 2.75) is 44.6 Å². The lowest BCUT2D eigenvalue weighted by molar-refractivity contribution is 0.0859. The number of halogens is 2. The molecule has 1 N–H and O–H groups in total. The monoisotopic (exact) mass is 447 g/mol. The third kappa shape index (κ3) is 3.14. The molecule has 0 bridgehead atoms. The van der Waals surface area contributed by atoms with Gasteiger partial charge in [-0.05, 0) is 50.8 Å². The van der Waals surface area contributed by atoms with Crippen LogP contribution in [0.4, 0.5) is 0 Å². The number of nitrogens with zero attached hydrogens (tertiary/aromatic N) is 2. The van der Waals surface area contributed by atoms with Gasteiger partial charge in [-0.25, -0.2) is 0 Å². The summed E-state index contributed by atoms with van der Waals surface area (Å²) < 4.78 is 6.92. The van der Waals surface area contributed by atoms with E-state index in [-0.39, 0.29) is 5.91 Å². The minimum absolute atomic E-state index is 0.0965. The molecule has 118 valence electrons. The third-order valence-corrected chi connectivity index (χ3v) is 7.14. The van der Waals surface area contributed by atoms with Crippen LogP contribution in [0.1, 0.15) is 53.5 Å². The molecule has 2 aromatic heterocycles. The lowest BCUT2D eigenvalue weighted by Gasteiger charge is -2.35. The second-order valence-corrected chi connectivity index (χ2v) is 8.69. The fourth-order valence-electron chi connectivity index (χ4n) is 2.79. The van der Waals surface area contributed by atoms with Crippen molar-refractivity contribution < 1.29 is 9.32 Å². The molecule has 1 saturated carbocycles. The highest BCUT2D eigenvalue weighted by atomic mass is 79.9. The maximum Gasteiger partial charge on any atom is 0.262 e. The zero-order chi connectivity index (χ0) is 15.7. The van der Waals surface area contributed by atoms with Crippen LogP contribution in [0.3, 0.4) is 0 Å². The third-order valence-electron chi connectivity index (χ3n) is 3.88. The number of nitrogens with one attached hydrogen (secondary N) is 1. The Balaban J connectivity index is 1.88. The highest BCUT2D eigenvalue weighted by Gasteiger charge is 2.40. The van der Waals surface area contributed by atoms with E-state index in [1.165, 1.54) is 17.8 Å². The van der Waals surface area contributed by atoms with Gasteiger partial charge in [0, 0.05) is 11.4 Å². The number of carbonyl (C=O) groups is 1. The molecule has 0 unspecified atom stereocenters. The van der Waals surface area contributed by atoms with E-state index in [2.05, 4.69) is 47.3 Å². The molecule has 0 aliphatic heterocycles. The van der Waals surface area contributed by atoms with Crippen molar-refractivity contribution in [2.24, 2.45) is 0 Å². The molecule has 2 aromatic rings. The average Bonchev–Trinajstić information content (AvgIpc) is 3.07. The second-order valence-electron chi connectivity index (χ2n) is 5.47. The maximum absolute atomic E-state index is 12.6. The molecule has 1 amide bonds. The Morgan fingerprint density at radius 2 is 2.09 bits per heavy atom. The van der Waals surface area contributed by atoms with E-state index in [1.807, 2.05) is 6.07 Å². The number of aryl methyl sites for hydroxylation is 1. The van der Waals surface area contributed by atoms with Gasteiger partial charge in [-0.2, -0.15) is 4.98 Å². The summed E-state index contributed by atoms with van der Waals surface area (Å²) in [6.07, 6.45) is 4.94. The molecule has 5 nitrogen and oxygen atoms in total. The molecular weight excluding hydrogens is 434 g/mol. The average molecular weight is 449 g/mol. The van der Waals surface area contributed by atoms with E-state index >= 15 is 0 Å². The van der Waals surface area contributed by atoms with E-state index in [4.69, 9.17) is 4.52 Å². The standard InChI is InChI=1S/C14H15Br2N3O2S/c1-8-17-13(19-21-8)14(5-3-2-4-6-14)18-12(20)10-7-9(15)11(16)22-10/h7H,2-6H2,1H3,(H,18,20). The van der Waals surface area contributed by atoms with Crippen LogP contribution < -0.4 is 5.32 Å². The molecule has 0 aromatic carbocycles. The molecule has 0 radical (unpaired) electrons. The molecule has 2 heterocycles. The minimum atomic E-state index is -0.518. The van der Waals surface area contributed by atoms with Crippen LogP contribution >= 0.6 is 43.2 Å². The van der Waals surface area contributed by atoms with Gasteiger partial charge < -0.3 is 9.84 Å². The van der Waals surface area contributed by atoms with Crippen LogP contribution in [0.5, 0.6) is 0 Å². The van der Waals surface area contributed by atoms with Crippen LogP contribution in [-0.2, 0) is 5.54 Å². The maximum atomic E-state index is 12.6. The summed E-state index contributed by atoms with van der Waals surface area (Å²) >= 11 is 8.24. The van der Waals surface area contributed by atoms with Crippen molar-refractivity contribution in [2.75, 3.05) is 0 Å². The SMILES string of the molecule is Cc1nc(C2(NC(=O)c3cc(Br)c(Br)s3)CCCCC2)no1. The van der Waals surface area contributed by atoms with Crippen LogP contribution in [0.15, 0.2) is 18.8 Å². The van der Waals surface area contributed by atoms with Gasteiger partial charge >= 0.3 is 0 Å². The highest BCUT2D eigenvalue weighted by Crippen LogP contribution is 2.37. The van der Waals surface area contributed by atoms with Crippen LogP contribution in [0.25, 0.3) is 0 Å². The van der Waals surface area contributed by atoms with Gasteiger partial charge in [0.1, 0.15) is 5.54 Å². The van der Waals surface area contributed by atoms with Crippen molar-refractivity contribution in [1.82, 2.24) is 15.5 Å². The fraction of sp³-hybridized carbons (Fsp3) is 0.500. The molecule has 8 heteroatoms. The summed E-state index contributed by atoms with van der Waals surface area (Å²) in [6.45, 7) is 1.77. The van der Waals surface area contributed by atoms with Crippen molar-refractivity contribution in [3.05, 3.63) is 30.9 Å². The van der Waals surface area contributed by atoms with Gasteiger partial charge in [0.05, 0.1) is 8.66 Å². The number of carbonyl (C=O) groups excluding carboxylic acids is 1. The summed E-state index contributed by atoms with van der Waals surface area (Å²) in [6, 6.07) is 1.82. The van der Waals surface area contributed by atoms with Crippen LogP contribution in [-0.4, -0.2) is 16.0 Å². The van der Waals surface area contributed by atoms with E-state index < -0.39 is 5.54 Å². The van der Waals surface area contributed by atoms with Crippen LogP contribution in [0.2, 0.25) is 0 Å². The van der Waals surface area contributed by atoms with Crippen molar-refractivity contribution >= 4 is 49.1 Å². The molecule has 0 spiro atoms. The number of hydrogen-bond acceptors (Lipinski definition) is 5. The Morgan fingerprint density at radius 3 is 2.64 bits per heavy atom. The quantitative estimate of drug-likeness (QED) is 0.747.